The minimum absolute atomic E-state index is 0.231. The molecule has 0 atom stereocenters. The lowest BCUT2D eigenvalue weighted by Gasteiger charge is -2.23. The number of aromatic nitrogens is 2. The van der Waals surface area contributed by atoms with Gasteiger partial charge in [0.25, 0.3) is 0 Å². The van der Waals surface area contributed by atoms with Crippen LogP contribution in [0.2, 0.25) is 5.02 Å². The molecule has 0 spiro atoms. The summed E-state index contributed by atoms with van der Waals surface area (Å²) >= 11 is 6.30. The summed E-state index contributed by atoms with van der Waals surface area (Å²) < 4.78 is 36.4. The number of rotatable bonds is 6. The number of nitrogens with zero attached hydrogens (tertiary/aromatic N) is 3. The predicted molar refractivity (Wildman–Crippen MR) is 132 cm³/mol. The maximum absolute atomic E-state index is 14.2. The highest BCUT2D eigenvalue weighted by molar-refractivity contribution is 6.30. The highest BCUT2D eigenvalue weighted by atomic mass is 35.5. The first kappa shape index (κ1) is 23.3. The molecule has 4 nitrogen and oxygen atoms in total. The first-order chi connectivity index (χ1) is 17.0. The Bertz CT molecular complexity index is 1420. The van der Waals surface area contributed by atoms with E-state index in [0.717, 1.165) is 24.5 Å². The molecule has 7 heteroatoms. The van der Waals surface area contributed by atoms with Crippen LogP contribution in [0.5, 0.6) is 5.75 Å². The second-order valence-electron chi connectivity index (χ2n) is 9.05. The van der Waals surface area contributed by atoms with E-state index >= 15 is 0 Å². The molecule has 4 aromatic rings. The lowest BCUT2D eigenvalue weighted by molar-refractivity contribution is 0.306. The molecule has 0 aliphatic heterocycles. The smallest absolute Gasteiger partial charge is 0.161 e. The topological polar surface area (TPSA) is 50.8 Å². The first-order valence-corrected chi connectivity index (χ1v) is 12.2. The first-order valence-electron chi connectivity index (χ1n) is 11.8. The average molecular weight is 492 g/mol. The van der Waals surface area contributed by atoms with E-state index < -0.39 is 11.6 Å². The third-order valence-electron chi connectivity index (χ3n) is 6.59. The zero-order valence-electron chi connectivity index (χ0n) is 19.1. The standard InChI is InChI=1S/C28H24ClF2N3O/c29-21-9-10-22(27(12-21)35-17-20-8-4-7-19(11-20)15-32)28-33-25-13-23(30)24(31)14-26(25)34(28)16-18-5-2-1-3-6-18/h4,7-14,18H,1-3,5-6,16-17H2. The molecule has 1 saturated carbocycles. The average Bonchev–Trinajstić information content (AvgIpc) is 3.20. The Morgan fingerprint density at radius 2 is 1.83 bits per heavy atom. The van der Waals surface area contributed by atoms with Gasteiger partial charge in [-0.3, -0.25) is 0 Å². The Balaban J connectivity index is 1.57. The number of hydrogen-bond acceptors (Lipinski definition) is 3. The van der Waals surface area contributed by atoms with Crippen molar-refractivity contribution >= 4 is 22.6 Å². The highest BCUT2D eigenvalue weighted by Crippen LogP contribution is 2.37. The van der Waals surface area contributed by atoms with Crippen molar-refractivity contribution in [3.05, 3.63) is 82.4 Å². The Hall–Kier alpha value is -3.43. The minimum Gasteiger partial charge on any atom is -0.488 e. The second kappa shape index (κ2) is 10.1. The maximum atomic E-state index is 14.2. The van der Waals surface area contributed by atoms with E-state index in [1.165, 1.54) is 25.3 Å². The predicted octanol–water partition coefficient (Wildman–Crippen LogP) is 7.67. The van der Waals surface area contributed by atoms with Crippen LogP contribution in [0.3, 0.4) is 0 Å². The number of ether oxygens (including phenoxy) is 1. The summed E-state index contributed by atoms with van der Waals surface area (Å²) in [5.41, 5.74) is 3.05. The largest absolute Gasteiger partial charge is 0.488 e. The van der Waals surface area contributed by atoms with Crippen LogP contribution in [0.1, 0.15) is 43.2 Å². The molecule has 1 aliphatic rings. The zero-order valence-corrected chi connectivity index (χ0v) is 19.9. The SMILES string of the molecule is N#Cc1cccc(COc2cc(Cl)ccc2-c2nc3cc(F)c(F)cc3n2CC2CCCCC2)c1. The molecule has 1 aliphatic carbocycles. The summed E-state index contributed by atoms with van der Waals surface area (Å²) in [5, 5.41) is 9.68. The Morgan fingerprint density at radius 3 is 2.63 bits per heavy atom. The fraction of sp³-hybridized carbons (Fsp3) is 0.286. The molecule has 0 N–H and O–H groups in total. The number of imidazole rings is 1. The van der Waals surface area contributed by atoms with Crippen LogP contribution in [0, 0.1) is 28.9 Å². The van der Waals surface area contributed by atoms with Crippen molar-refractivity contribution in [2.75, 3.05) is 0 Å². The van der Waals surface area contributed by atoms with Gasteiger partial charge < -0.3 is 9.30 Å². The van der Waals surface area contributed by atoms with Crippen LogP contribution in [0.25, 0.3) is 22.4 Å². The minimum atomic E-state index is -0.920. The van der Waals surface area contributed by atoms with Crippen molar-refractivity contribution in [3.8, 4) is 23.2 Å². The van der Waals surface area contributed by atoms with E-state index in [4.69, 9.17) is 21.3 Å². The van der Waals surface area contributed by atoms with Crippen LogP contribution in [-0.4, -0.2) is 9.55 Å². The van der Waals surface area contributed by atoms with Gasteiger partial charge in [0.1, 0.15) is 18.2 Å². The van der Waals surface area contributed by atoms with Crippen molar-refractivity contribution in [2.45, 2.75) is 45.3 Å². The van der Waals surface area contributed by atoms with Crippen LogP contribution >= 0.6 is 11.6 Å². The van der Waals surface area contributed by atoms with Crippen molar-refractivity contribution < 1.29 is 13.5 Å². The normalized spacial score (nSPS) is 14.2. The lowest BCUT2D eigenvalue weighted by atomic mass is 9.89. The quantitative estimate of drug-likeness (QED) is 0.278. The van der Waals surface area contributed by atoms with E-state index in [9.17, 15) is 14.0 Å². The fourth-order valence-electron chi connectivity index (χ4n) is 4.83. The molecule has 0 saturated heterocycles. The summed E-state index contributed by atoms with van der Waals surface area (Å²) in [4.78, 5) is 4.71. The number of nitriles is 1. The van der Waals surface area contributed by atoms with Crippen LogP contribution in [0.15, 0.2) is 54.6 Å². The molecule has 0 amide bonds. The molecule has 0 unspecified atom stereocenters. The zero-order chi connectivity index (χ0) is 24.4. The second-order valence-corrected chi connectivity index (χ2v) is 9.48. The number of hydrogen-bond donors (Lipinski definition) is 0. The van der Waals surface area contributed by atoms with Gasteiger partial charge in [0.2, 0.25) is 0 Å². The maximum Gasteiger partial charge on any atom is 0.161 e. The van der Waals surface area contributed by atoms with E-state index in [2.05, 4.69) is 6.07 Å². The molecule has 1 fully saturated rings. The van der Waals surface area contributed by atoms with Crippen molar-refractivity contribution in [1.29, 1.82) is 5.26 Å². The third kappa shape index (κ3) is 5.01. The van der Waals surface area contributed by atoms with Gasteiger partial charge in [0.05, 0.1) is 28.2 Å². The van der Waals surface area contributed by atoms with Gasteiger partial charge in [0.15, 0.2) is 11.6 Å². The molecule has 0 radical (unpaired) electrons. The van der Waals surface area contributed by atoms with Crippen molar-refractivity contribution in [2.24, 2.45) is 5.92 Å². The van der Waals surface area contributed by atoms with Gasteiger partial charge in [-0.2, -0.15) is 5.26 Å². The number of benzene rings is 3. The van der Waals surface area contributed by atoms with Gasteiger partial charge in [-0.1, -0.05) is 43.0 Å². The summed E-state index contributed by atoms with van der Waals surface area (Å²) in [5.74, 6) is -0.262. The number of halogens is 3. The molecule has 1 heterocycles. The molecule has 178 valence electrons. The van der Waals surface area contributed by atoms with E-state index in [0.29, 0.717) is 51.2 Å². The lowest BCUT2D eigenvalue weighted by Crippen LogP contribution is -2.15. The van der Waals surface area contributed by atoms with Crippen molar-refractivity contribution in [3.63, 3.8) is 0 Å². The van der Waals surface area contributed by atoms with E-state index in [-0.39, 0.29) is 6.61 Å². The molecular weight excluding hydrogens is 468 g/mol. The van der Waals surface area contributed by atoms with Crippen LogP contribution < -0.4 is 4.74 Å². The van der Waals surface area contributed by atoms with Gasteiger partial charge in [-0.15, -0.1) is 0 Å². The van der Waals surface area contributed by atoms with Gasteiger partial charge in [-0.25, -0.2) is 13.8 Å². The summed E-state index contributed by atoms with van der Waals surface area (Å²) in [6.07, 6.45) is 5.78. The highest BCUT2D eigenvalue weighted by Gasteiger charge is 2.22. The Kier molecular flexibility index (Phi) is 6.70. The molecule has 0 bridgehead atoms. The molecular formula is C28H24ClF2N3O. The molecule has 35 heavy (non-hydrogen) atoms. The van der Waals surface area contributed by atoms with Gasteiger partial charge in [0, 0.05) is 23.7 Å². The fourth-order valence-corrected chi connectivity index (χ4v) is 4.99. The summed E-state index contributed by atoms with van der Waals surface area (Å²) in [6, 6.07) is 17.0. The van der Waals surface area contributed by atoms with Crippen molar-refractivity contribution in [1.82, 2.24) is 9.55 Å². The van der Waals surface area contributed by atoms with Crippen LogP contribution in [-0.2, 0) is 13.2 Å². The number of fused-ring (bicyclic) bond motifs is 1. The van der Waals surface area contributed by atoms with E-state index in [1.54, 1.807) is 24.3 Å². The Morgan fingerprint density at radius 1 is 1.03 bits per heavy atom. The summed E-state index contributed by atoms with van der Waals surface area (Å²) in [7, 11) is 0. The molecule has 1 aromatic heterocycles. The van der Waals surface area contributed by atoms with Gasteiger partial charge >= 0.3 is 0 Å². The van der Waals surface area contributed by atoms with Crippen LogP contribution in [0.4, 0.5) is 8.78 Å². The molecule has 3 aromatic carbocycles. The van der Waals surface area contributed by atoms with E-state index in [1.807, 2.05) is 22.8 Å². The summed E-state index contributed by atoms with van der Waals surface area (Å²) in [6.45, 7) is 0.901. The Labute approximate surface area is 207 Å². The monoisotopic (exact) mass is 491 g/mol. The third-order valence-corrected chi connectivity index (χ3v) is 6.83. The van der Waals surface area contributed by atoms with Gasteiger partial charge in [-0.05, 0) is 54.7 Å². The molecule has 5 rings (SSSR count).